The number of benzene rings is 1. The van der Waals surface area contributed by atoms with E-state index in [-0.39, 0.29) is 5.56 Å². The van der Waals surface area contributed by atoms with Gasteiger partial charge in [0.15, 0.2) is 5.78 Å². The molecule has 118 valence electrons. The molecule has 0 aromatic heterocycles. The first-order valence-corrected chi connectivity index (χ1v) is 6.81. The maximum absolute atomic E-state index is 12.4. The summed E-state index contributed by atoms with van der Waals surface area (Å²) in [5.74, 6) is -4.02. The largest absolute Gasteiger partial charge is 0.506 e. The minimum atomic E-state index is -1.27. The van der Waals surface area contributed by atoms with Gasteiger partial charge in [0.1, 0.15) is 17.9 Å². The number of carbonyl (C=O) groups is 3. The Hall–Kier alpha value is -3.14. The molecule has 0 fully saturated rings. The summed E-state index contributed by atoms with van der Waals surface area (Å²) in [4.78, 5) is 35.0. The van der Waals surface area contributed by atoms with Crippen molar-refractivity contribution in [2.75, 3.05) is 6.54 Å². The second-order valence-corrected chi connectivity index (χ2v) is 5.20. The average Bonchev–Trinajstić information content (AvgIpc) is 2.50. The van der Waals surface area contributed by atoms with Crippen molar-refractivity contribution in [2.24, 2.45) is 0 Å². The van der Waals surface area contributed by atoms with Crippen molar-refractivity contribution in [3.63, 3.8) is 0 Å². The Morgan fingerprint density at radius 1 is 1.39 bits per heavy atom. The maximum Gasteiger partial charge on any atom is 0.322 e. The molecule has 1 amide bonds. The average molecular weight is 314 g/mol. The van der Waals surface area contributed by atoms with Gasteiger partial charge in [0, 0.05) is 11.5 Å². The molecule has 1 aliphatic carbocycles. The molecule has 1 unspecified atom stereocenters. The molecule has 23 heavy (non-hydrogen) atoms. The van der Waals surface area contributed by atoms with E-state index in [1.165, 1.54) is 0 Å². The van der Waals surface area contributed by atoms with Gasteiger partial charge in [0.2, 0.25) is 0 Å². The summed E-state index contributed by atoms with van der Waals surface area (Å²) >= 11 is 0. The molecular formula is C16H14N2O5. The number of carbonyl (C=O) groups excluding carboxylic acids is 2. The van der Waals surface area contributed by atoms with Crippen LogP contribution in [0.3, 0.4) is 0 Å². The van der Waals surface area contributed by atoms with Crippen molar-refractivity contribution in [3.05, 3.63) is 40.0 Å². The smallest absolute Gasteiger partial charge is 0.322 e. The zero-order valence-corrected chi connectivity index (χ0v) is 12.5. The number of fused-ring (bicyclic) bond motifs is 1. The van der Waals surface area contributed by atoms with E-state index >= 15 is 0 Å². The molecular weight excluding hydrogens is 300 g/mol. The molecule has 2 rings (SSSR count). The third-order valence-corrected chi connectivity index (χ3v) is 3.82. The first-order valence-electron chi connectivity index (χ1n) is 6.81. The quantitative estimate of drug-likeness (QED) is 0.715. The maximum atomic E-state index is 12.4. The Bertz CT molecular complexity index is 801. The van der Waals surface area contributed by atoms with Crippen LogP contribution >= 0.6 is 0 Å². The second kappa shape index (κ2) is 5.93. The molecule has 0 heterocycles. The molecule has 1 aliphatic rings. The number of aliphatic hydroxyl groups excluding tert-OH is 1. The fraction of sp³-hybridized carbons (Fsp3) is 0.250. The third kappa shape index (κ3) is 2.66. The van der Waals surface area contributed by atoms with Crippen LogP contribution in [0, 0.1) is 18.3 Å². The summed E-state index contributed by atoms with van der Waals surface area (Å²) in [5, 5.41) is 30.1. The molecule has 0 saturated heterocycles. The molecule has 7 heteroatoms. The summed E-state index contributed by atoms with van der Waals surface area (Å²) in [7, 11) is 0. The van der Waals surface area contributed by atoms with E-state index < -0.39 is 41.5 Å². The fourth-order valence-corrected chi connectivity index (χ4v) is 2.59. The third-order valence-electron chi connectivity index (χ3n) is 3.82. The number of hydrogen-bond donors (Lipinski definition) is 3. The highest BCUT2D eigenvalue weighted by Crippen LogP contribution is 2.37. The van der Waals surface area contributed by atoms with Gasteiger partial charge in [-0.15, -0.1) is 0 Å². The number of amides is 1. The lowest BCUT2D eigenvalue weighted by Crippen LogP contribution is -2.36. The van der Waals surface area contributed by atoms with E-state index in [4.69, 9.17) is 10.4 Å². The molecule has 0 radical (unpaired) electrons. The molecule has 1 atom stereocenters. The van der Waals surface area contributed by atoms with Crippen LogP contribution in [0.1, 0.15) is 35.1 Å². The monoisotopic (exact) mass is 314 g/mol. The van der Waals surface area contributed by atoms with Crippen LogP contribution in [0.25, 0.3) is 5.76 Å². The minimum absolute atomic E-state index is 0.275. The highest BCUT2D eigenvalue weighted by atomic mass is 16.4. The molecule has 0 aliphatic heterocycles. The highest BCUT2D eigenvalue weighted by molar-refractivity contribution is 6.27. The summed E-state index contributed by atoms with van der Waals surface area (Å²) in [6.07, 6.45) is 0. The number of aliphatic carboxylic acids is 1. The van der Waals surface area contributed by atoms with Crippen LogP contribution in [0.15, 0.2) is 17.7 Å². The number of hydrogen-bond acceptors (Lipinski definition) is 5. The lowest BCUT2D eigenvalue weighted by Gasteiger charge is -2.25. The lowest BCUT2D eigenvalue weighted by molar-refractivity contribution is -0.137. The van der Waals surface area contributed by atoms with Crippen molar-refractivity contribution >= 4 is 23.4 Å². The minimum Gasteiger partial charge on any atom is -0.506 e. The number of nitrogens with one attached hydrogen (secondary N) is 1. The van der Waals surface area contributed by atoms with Crippen LogP contribution in [0.4, 0.5) is 0 Å². The van der Waals surface area contributed by atoms with Gasteiger partial charge in [0.25, 0.3) is 5.91 Å². The number of ketones is 1. The first kappa shape index (κ1) is 16.2. The normalized spacial score (nSPS) is 16.6. The fourth-order valence-electron chi connectivity index (χ4n) is 2.59. The van der Waals surface area contributed by atoms with E-state index in [1.807, 2.05) is 6.07 Å². The van der Waals surface area contributed by atoms with Crippen LogP contribution in [-0.4, -0.2) is 34.4 Å². The molecule has 0 saturated carbocycles. The Morgan fingerprint density at radius 2 is 2.04 bits per heavy atom. The van der Waals surface area contributed by atoms with E-state index in [1.54, 1.807) is 26.0 Å². The van der Waals surface area contributed by atoms with Crippen molar-refractivity contribution in [1.82, 2.24) is 5.32 Å². The number of aliphatic hydroxyl groups is 1. The summed E-state index contributed by atoms with van der Waals surface area (Å²) in [6, 6.07) is 5.11. The van der Waals surface area contributed by atoms with Gasteiger partial charge < -0.3 is 15.5 Å². The van der Waals surface area contributed by atoms with E-state index in [2.05, 4.69) is 5.32 Å². The lowest BCUT2D eigenvalue weighted by atomic mass is 9.79. The van der Waals surface area contributed by atoms with Gasteiger partial charge in [-0.2, -0.15) is 5.26 Å². The molecule has 1 aromatic rings. The van der Waals surface area contributed by atoms with Gasteiger partial charge in [0.05, 0.1) is 11.6 Å². The van der Waals surface area contributed by atoms with Gasteiger partial charge >= 0.3 is 5.97 Å². The zero-order valence-electron chi connectivity index (χ0n) is 12.5. The molecule has 1 aromatic carbocycles. The number of nitrogens with zero attached hydrogens (tertiary/aromatic N) is 1. The van der Waals surface area contributed by atoms with Gasteiger partial charge in [-0.25, -0.2) is 0 Å². The van der Waals surface area contributed by atoms with Crippen LogP contribution < -0.4 is 5.32 Å². The zero-order chi connectivity index (χ0) is 17.3. The Morgan fingerprint density at radius 3 is 2.61 bits per heavy atom. The topological polar surface area (TPSA) is 127 Å². The molecule has 0 bridgehead atoms. The van der Waals surface area contributed by atoms with E-state index in [9.17, 15) is 19.5 Å². The van der Waals surface area contributed by atoms with Crippen molar-refractivity contribution in [1.29, 1.82) is 5.26 Å². The number of carboxylic acid groups (broad SMARTS) is 1. The first-order chi connectivity index (χ1) is 10.8. The van der Waals surface area contributed by atoms with Gasteiger partial charge in [-0.05, 0) is 24.1 Å². The summed E-state index contributed by atoms with van der Waals surface area (Å²) in [6.45, 7) is 2.54. The summed E-state index contributed by atoms with van der Waals surface area (Å²) in [5.41, 5.74) is 1.10. The standard InChI is InChI=1S/C16H14N2O5/c1-7-9(5-17)3-4-10-8(2)14(21)13(15(22)12(7)10)16(23)18-6-11(19)20/h3-4,8,22H,6H2,1-2H3,(H,18,23)(H,19,20). The van der Waals surface area contributed by atoms with E-state index in [0.29, 0.717) is 16.7 Å². The van der Waals surface area contributed by atoms with Gasteiger partial charge in [-0.1, -0.05) is 13.0 Å². The molecule has 3 N–H and O–H groups in total. The summed E-state index contributed by atoms with van der Waals surface area (Å²) < 4.78 is 0. The number of carboxylic acids is 1. The second-order valence-electron chi connectivity index (χ2n) is 5.20. The Labute approximate surface area is 131 Å². The van der Waals surface area contributed by atoms with Crippen molar-refractivity contribution in [3.8, 4) is 6.07 Å². The van der Waals surface area contributed by atoms with Crippen molar-refractivity contribution < 1.29 is 24.6 Å². The highest BCUT2D eigenvalue weighted by Gasteiger charge is 2.36. The predicted octanol–water partition coefficient (Wildman–Crippen LogP) is 1.02. The Balaban J connectivity index is 2.61. The number of rotatable bonds is 3. The van der Waals surface area contributed by atoms with Crippen LogP contribution in [0.2, 0.25) is 0 Å². The van der Waals surface area contributed by atoms with E-state index in [0.717, 1.165) is 0 Å². The number of nitriles is 1. The molecule has 7 nitrogen and oxygen atoms in total. The SMILES string of the molecule is Cc1c(C#N)ccc2c1C(O)=C(C(=O)NCC(=O)O)C(=O)C2C. The van der Waals surface area contributed by atoms with Crippen LogP contribution in [-0.2, 0) is 14.4 Å². The number of Topliss-reactive ketones (excluding diaryl/α,β-unsaturated/α-hetero) is 1. The molecule has 0 spiro atoms. The van der Waals surface area contributed by atoms with Crippen LogP contribution in [0.5, 0.6) is 0 Å². The van der Waals surface area contributed by atoms with Crippen molar-refractivity contribution in [2.45, 2.75) is 19.8 Å². The Kier molecular flexibility index (Phi) is 4.18. The van der Waals surface area contributed by atoms with Gasteiger partial charge in [-0.3, -0.25) is 14.4 Å². The predicted molar refractivity (Wildman–Crippen MR) is 79.5 cm³/mol.